The zero-order chi connectivity index (χ0) is 30.9. The van der Waals surface area contributed by atoms with Gasteiger partial charge in [0.2, 0.25) is 11.5 Å². The van der Waals surface area contributed by atoms with E-state index in [2.05, 4.69) is 22.6 Å². The third-order valence-electron chi connectivity index (χ3n) is 6.32. The molecule has 0 spiro atoms. The summed E-state index contributed by atoms with van der Waals surface area (Å²) < 4.78 is 27.9. The van der Waals surface area contributed by atoms with E-state index in [1.54, 1.807) is 21.0 Å². The van der Waals surface area contributed by atoms with E-state index in [0.717, 1.165) is 31.8 Å². The van der Waals surface area contributed by atoms with Gasteiger partial charge in [-0.3, -0.25) is 0 Å². The Balaban J connectivity index is 0.000000208. The number of hydrogen-bond donors (Lipinski definition) is 2. The molecule has 0 amide bonds. The Morgan fingerprint density at radius 2 is 1.16 bits per heavy atom. The van der Waals surface area contributed by atoms with E-state index in [9.17, 15) is 9.59 Å². The van der Waals surface area contributed by atoms with Gasteiger partial charge in [0.25, 0.3) is 0 Å². The summed E-state index contributed by atoms with van der Waals surface area (Å²) in [7, 11) is 1.64. The first-order valence-electron chi connectivity index (χ1n) is 13.0. The van der Waals surface area contributed by atoms with E-state index in [1.807, 2.05) is 72.8 Å². The molecule has 5 rings (SSSR count). The van der Waals surface area contributed by atoms with Crippen molar-refractivity contribution < 1.29 is 42.8 Å². The SMILES string of the molecule is COc1cccc(-c2ccc(OCc3cc(C(=O)O)oc3C)cc2)c1.Cc1oc(C(=O)O)cc1COc1ccc(I)cc1. The second-order valence-corrected chi connectivity index (χ2v) is 10.5. The highest BCUT2D eigenvalue weighted by Gasteiger charge is 2.14. The van der Waals surface area contributed by atoms with E-state index in [1.165, 1.54) is 12.1 Å². The van der Waals surface area contributed by atoms with Crippen LogP contribution in [0.15, 0.2) is 93.8 Å². The van der Waals surface area contributed by atoms with Crippen LogP contribution in [0.1, 0.15) is 43.8 Å². The van der Waals surface area contributed by atoms with Gasteiger partial charge in [0.05, 0.1) is 7.11 Å². The van der Waals surface area contributed by atoms with Gasteiger partial charge >= 0.3 is 11.9 Å². The number of carboxylic acid groups (broad SMARTS) is 2. The van der Waals surface area contributed by atoms with Gasteiger partial charge in [-0.25, -0.2) is 9.59 Å². The second kappa shape index (κ2) is 14.5. The van der Waals surface area contributed by atoms with Crippen molar-refractivity contribution in [3.05, 3.63) is 123 Å². The predicted molar refractivity (Wildman–Crippen MR) is 167 cm³/mol. The molecule has 2 aromatic heterocycles. The highest BCUT2D eigenvalue weighted by Crippen LogP contribution is 2.26. The number of carbonyl (C=O) groups is 2. The fourth-order valence-corrected chi connectivity index (χ4v) is 4.30. The lowest BCUT2D eigenvalue weighted by molar-refractivity contribution is 0.0651. The Hall–Kier alpha value is -4.71. The maximum Gasteiger partial charge on any atom is 0.371 e. The second-order valence-electron chi connectivity index (χ2n) is 9.28. The molecule has 0 bridgehead atoms. The third-order valence-corrected chi connectivity index (χ3v) is 7.04. The maximum atomic E-state index is 10.9. The molecule has 0 unspecified atom stereocenters. The first-order chi connectivity index (χ1) is 20.6. The monoisotopic (exact) mass is 696 g/mol. The van der Waals surface area contributed by atoms with Crippen molar-refractivity contribution in [2.75, 3.05) is 7.11 Å². The lowest BCUT2D eigenvalue weighted by atomic mass is 10.1. The van der Waals surface area contributed by atoms with Crippen molar-refractivity contribution in [3.63, 3.8) is 0 Å². The van der Waals surface area contributed by atoms with Crippen LogP contribution in [-0.4, -0.2) is 29.3 Å². The number of halogens is 1. The van der Waals surface area contributed by atoms with E-state index in [-0.39, 0.29) is 18.1 Å². The minimum atomic E-state index is -1.09. The summed E-state index contributed by atoms with van der Waals surface area (Å²) >= 11 is 2.22. The molecule has 0 fully saturated rings. The molecule has 0 radical (unpaired) electrons. The fraction of sp³-hybridized carbons (Fsp3) is 0.152. The molecule has 0 saturated carbocycles. The van der Waals surface area contributed by atoms with E-state index in [0.29, 0.717) is 29.4 Å². The Bertz CT molecular complexity index is 1680. The predicted octanol–water partition coefficient (Wildman–Crippen LogP) is 8.01. The minimum Gasteiger partial charge on any atom is -0.497 e. The zero-order valence-electron chi connectivity index (χ0n) is 23.6. The number of ether oxygens (including phenoxy) is 3. The molecule has 3 aromatic carbocycles. The van der Waals surface area contributed by atoms with Crippen LogP contribution in [0.2, 0.25) is 0 Å². The van der Waals surface area contributed by atoms with Crippen LogP contribution in [0.3, 0.4) is 0 Å². The highest BCUT2D eigenvalue weighted by molar-refractivity contribution is 14.1. The molecular weight excluding hydrogens is 667 g/mol. The molecule has 0 atom stereocenters. The van der Waals surface area contributed by atoms with E-state index >= 15 is 0 Å². The summed E-state index contributed by atoms with van der Waals surface area (Å²) in [5.74, 6) is 1.07. The van der Waals surface area contributed by atoms with E-state index < -0.39 is 11.9 Å². The standard InChI is InChI=1S/C20H18O5.C13H11IO4/c1-13-16(11-19(25-13)20(21)22)12-24-17-8-6-14(7-9-17)15-4-3-5-18(10-15)23-2;1-8-9(6-12(18-8)13(15)16)7-17-11-4-2-10(14)3-5-11/h3-11H,12H2,1-2H3,(H,21,22);2-6H,7H2,1H3,(H,15,16). The van der Waals surface area contributed by atoms with Crippen molar-refractivity contribution in [1.29, 1.82) is 0 Å². The molecule has 0 aliphatic carbocycles. The number of methoxy groups -OCH3 is 1. The zero-order valence-corrected chi connectivity index (χ0v) is 25.8. The summed E-state index contributed by atoms with van der Waals surface area (Å²) in [6, 6.07) is 26.1. The first-order valence-corrected chi connectivity index (χ1v) is 14.1. The van der Waals surface area contributed by atoms with Crippen molar-refractivity contribution in [2.24, 2.45) is 0 Å². The minimum absolute atomic E-state index is 0.0614. The van der Waals surface area contributed by atoms with Crippen LogP contribution in [-0.2, 0) is 13.2 Å². The Morgan fingerprint density at radius 1 is 0.674 bits per heavy atom. The van der Waals surface area contributed by atoms with Gasteiger partial charge in [0, 0.05) is 14.7 Å². The highest BCUT2D eigenvalue weighted by atomic mass is 127. The number of hydrogen-bond acceptors (Lipinski definition) is 7. The summed E-state index contributed by atoms with van der Waals surface area (Å²) in [6.07, 6.45) is 0. The molecule has 222 valence electrons. The van der Waals surface area contributed by atoms with Crippen molar-refractivity contribution in [3.8, 4) is 28.4 Å². The summed E-state index contributed by atoms with van der Waals surface area (Å²) in [6.45, 7) is 3.99. The topological polar surface area (TPSA) is 129 Å². The Morgan fingerprint density at radius 3 is 1.60 bits per heavy atom. The molecule has 9 nitrogen and oxygen atoms in total. The van der Waals surface area contributed by atoms with Gasteiger partial charge < -0.3 is 33.3 Å². The van der Waals surface area contributed by atoms with Crippen LogP contribution in [0.5, 0.6) is 17.2 Å². The van der Waals surface area contributed by atoms with Gasteiger partial charge in [-0.05, 0) is 108 Å². The third kappa shape index (κ3) is 8.65. The number of rotatable bonds is 10. The molecule has 5 aromatic rings. The quantitative estimate of drug-likeness (QED) is 0.140. The Kier molecular flexibility index (Phi) is 10.5. The first kappa shape index (κ1) is 31.2. The van der Waals surface area contributed by atoms with Crippen LogP contribution in [0, 0.1) is 17.4 Å². The number of carboxylic acids is 2. The summed E-state index contributed by atoms with van der Waals surface area (Å²) in [5, 5.41) is 17.7. The summed E-state index contributed by atoms with van der Waals surface area (Å²) in [4.78, 5) is 21.7. The molecule has 2 heterocycles. The normalized spacial score (nSPS) is 10.4. The lowest BCUT2D eigenvalue weighted by Crippen LogP contribution is -1.96. The van der Waals surface area contributed by atoms with Crippen LogP contribution < -0.4 is 14.2 Å². The van der Waals surface area contributed by atoms with Crippen molar-refractivity contribution >= 4 is 34.5 Å². The van der Waals surface area contributed by atoms with E-state index in [4.69, 9.17) is 33.3 Å². The molecule has 0 saturated heterocycles. The molecule has 2 N–H and O–H groups in total. The molecular formula is C33H29IO9. The smallest absolute Gasteiger partial charge is 0.371 e. The summed E-state index contributed by atoms with van der Waals surface area (Å²) in [5.41, 5.74) is 3.57. The molecule has 43 heavy (non-hydrogen) atoms. The lowest BCUT2D eigenvalue weighted by Gasteiger charge is -2.08. The van der Waals surface area contributed by atoms with Crippen LogP contribution >= 0.6 is 22.6 Å². The van der Waals surface area contributed by atoms with Gasteiger partial charge in [-0.1, -0.05) is 24.3 Å². The number of benzene rings is 3. The average Bonchev–Trinajstić information content (AvgIpc) is 3.58. The van der Waals surface area contributed by atoms with Crippen molar-refractivity contribution in [2.45, 2.75) is 27.1 Å². The average molecular weight is 696 g/mol. The number of furan rings is 2. The van der Waals surface area contributed by atoms with Gasteiger partial charge in [0.1, 0.15) is 42.0 Å². The number of aromatic carboxylic acids is 2. The van der Waals surface area contributed by atoms with Crippen molar-refractivity contribution in [1.82, 2.24) is 0 Å². The molecule has 0 aliphatic heterocycles. The number of aryl methyl sites for hydroxylation is 2. The van der Waals surface area contributed by atoms with Gasteiger partial charge in [-0.15, -0.1) is 0 Å². The molecule has 10 heteroatoms. The fourth-order valence-electron chi connectivity index (χ4n) is 3.94. The maximum absolute atomic E-state index is 10.9. The van der Waals surface area contributed by atoms with Gasteiger partial charge in [0.15, 0.2) is 0 Å². The largest absolute Gasteiger partial charge is 0.497 e. The Labute approximate surface area is 261 Å². The molecule has 0 aliphatic rings. The van der Waals surface area contributed by atoms with Crippen LogP contribution in [0.25, 0.3) is 11.1 Å². The van der Waals surface area contributed by atoms with Gasteiger partial charge in [-0.2, -0.15) is 0 Å². The van der Waals surface area contributed by atoms with Crippen LogP contribution in [0.4, 0.5) is 0 Å².